The number of allylic oxidation sites excluding steroid dienone is 1. The number of carbonyl (C=O) groups is 1. The van der Waals surface area contributed by atoms with Crippen LogP contribution in [0.4, 0.5) is 0 Å². The van der Waals surface area contributed by atoms with Gasteiger partial charge in [0.25, 0.3) is 5.91 Å². The van der Waals surface area contributed by atoms with Gasteiger partial charge in [-0.25, -0.2) is 0 Å². The fraction of sp³-hybridized carbons (Fsp3) is 0.444. The van der Waals surface area contributed by atoms with E-state index >= 15 is 0 Å². The SMILES string of the molecule is CC(C)c1ccc(-c2ccc(Oc3cc(C(=O)NC4CCN(C5CCOCC5)CC4)ccc3CC3=CCC=NC3O)cc2)nn1. The second kappa shape index (κ2) is 14.5. The van der Waals surface area contributed by atoms with E-state index in [9.17, 15) is 9.90 Å². The standard InChI is InChI=1S/C36H43N5O4/c1-24(2)32-11-12-33(40-39-32)25-7-9-31(10-8-25)45-34-23-28(6-5-26(34)22-27-4-3-17-37-35(27)42)36(43)38-29-13-18-41(19-14-29)30-15-20-44-21-16-30/h4-12,17,23-24,29-30,35,42H,3,13-16,18-22H2,1-2H3,(H,38,43). The highest BCUT2D eigenvalue weighted by molar-refractivity contribution is 5.95. The van der Waals surface area contributed by atoms with E-state index in [1.165, 1.54) is 0 Å². The molecule has 3 aliphatic rings. The molecule has 1 aromatic heterocycles. The highest BCUT2D eigenvalue weighted by atomic mass is 16.5. The second-order valence-electron chi connectivity index (χ2n) is 12.5. The number of rotatable bonds is 9. The Hall–Kier alpha value is -3.92. The molecule has 3 aromatic rings. The van der Waals surface area contributed by atoms with Crippen LogP contribution in [0.25, 0.3) is 11.3 Å². The Morgan fingerprint density at radius 1 is 1.02 bits per heavy atom. The minimum atomic E-state index is -0.871. The van der Waals surface area contributed by atoms with Gasteiger partial charge in [0.1, 0.15) is 11.5 Å². The molecule has 45 heavy (non-hydrogen) atoms. The van der Waals surface area contributed by atoms with Crippen molar-refractivity contribution in [3.63, 3.8) is 0 Å². The first-order chi connectivity index (χ1) is 21.9. The molecule has 9 nitrogen and oxygen atoms in total. The molecular weight excluding hydrogens is 566 g/mol. The zero-order valence-corrected chi connectivity index (χ0v) is 26.2. The molecule has 2 fully saturated rings. The predicted molar refractivity (Wildman–Crippen MR) is 175 cm³/mol. The third-order valence-corrected chi connectivity index (χ3v) is 9.01. The summed E-state index contributed by atoms with van der Waals surface area (Å²) in [5.74, 6) is 1.44. The number of nitrogens with one attached hydrogen (secondary N) is 1. The van der Waals surface area contributed by atoms with E-state index < -0.39 is 6.23 Å². The fourth-order valence-corrected chi connectivity index (χ4v) is 6.24. The van der Waals surface area contributed by atoms with Crippen LogP contribution in [0.5, 0.6) is 11.5 Å². The number of hydrogen-bond donors (Lipinski definition) is 2. The Bertz CT molecular complexity index is 1510. The molecule has 236 valence electrons. The fourth-order valence-electron chi connectivity index (χ4n) is 6.24. The van der Waals surface area contributed by atoms with E-state index in [0.29, 0.717) is 41.9 Å². The molecule has 0 aliphatic carbocycles. The molecule has 9 heteroatoms. The van der Waals surface area contributed by atoms with Crippen LogP contribution in [0.1, 0.15) is 73.5 Å². The van der Waals surface area contributed by atoms with Gasteiger partial charge in [-0.2, -0.15) is 10.2 Å². The molecule has 1 atom stereocenters. The van der Waals surface area contributed by atoms with Gasteiger partial charge in [-0.05, 0) is 91.3 Å². The van der Waals surface area contributed by atoms with Gasteiger partial charge in [0.15, 0.2) is 6.23 Å². The summed E-state index contributed by atoms with van der Waals surface area (Å²) in [6, 6.07) is 18.0. The molecule has 3 aliphatic heterocycles. The van der Waals surface area contributed by atoms with Crippen molar-refractivity contribution in [2.75, 3.05) is 26.3 Å². The summed E-state index contributed by atoms with van der Waals surface area (Å²) in [4.78, 5) is 20.2. The summed E-state index contributed by atoms with van der Waals surface area (Å²) in [5.41, 5.74) is 4.93. The molecule has 0 bridgehead atoms. The van der Waals surface area contributed by atoms with Crippen molar-refractivity contribution in [1.82, 2.24) is 20.4 Å². The van der Waals surface area contributed by atoms with Crippen LogP contribution in [0.2, 0.25) is 0 Å². The van der Waals surface area contributed by atoms with Crippen LogP contribution in [-0.4, -0.2) is 76.9 Å². The van der Waals surface area contributed by atoms with Gasteiger partial charge in [0.05, 0.1) is 11.4 Å². The van der Waals surface area contributed by atoms with E-state index in [1.54, 1.807) is 6.21 Å². The molecule has 4 heterocycles. The maximum absolute atomic E-state index is 13.4. The number of nitrogens with zero attached hydrogens (tertiary/aromatic N) is 4. The molecule has 2 N–H and O–H groups in total. The van der Waals surface area contributed by atoms with Crippen molar-refractivity contribution < 1.29 is 19.4 Å². The number of aromatic nitrogens is 2. The summed E-state index contributed by atoms with van der Waals surface area (Å²) in [6.07, 6.45) is 8.05. The van der Waals surface area contributed by atoms with Crippen LogP contribution in [0.15, 0.2) is 71.2 Å². The molecular formula is C36H43N5O4. The van der Waals surface area contributed by atoms with Crippen molar-refractivity contribution in [1.29, 1.82) is 0 Å². The molecule has 0 spiro atoms. The number of ether oxygens (including phenoxy) is 2. The van der Waals surface area contributed by atoms with Crippen LogP contribution in [0.3, 0.4) is 0 Å². The van der Waals surface area contributed by atoms with Gasteiger partial charge in [-0.1, -0.05) is 26.0 Å². The van der Waals surface area contributed by atoms with Crippen LogP contribution >= 0.6 is 0 Å². The summed E-state index contributed by atoms with van der Waals surface area (Å²) < 4.78 is 11.9. The maximum Gasteiger partial charge on any atom is 0.251 e. The minimum absolute atomic E-state index is 0.101. The third-order valence-electron chi connectivity index (χ3n) is 9.01. The number of dihydropyridines is 1. The molecule has 1 unspecified atom stereocenters. The first-order valence-electron chi connectivity index (χ1n) is 16.2. The van der Waals surface area contributed by atoms with Gasteiger partial charge in [0.2, 0.25) is 0 Å². The van der Waals surface area contributed by atoms with Gasteiger partial charge >= 0.3 is 0 Å². The van der Waals surface area contributed by atoms with Crippen LogP contribution in [0, 0.1) is 0 Å². The highest BCUT2D eigenvalue weighted by Crippen LogP contribution is 2.31. The summed E-state index contributed by atoms with van der Waals surface area (Å²) >= 11 is 0. The van der Waals surface area contributed by atoms with E-state index in [2.05, 4.69) is 39.3 Å². The van der Waals surface area contributed by atoms with Gasteiger partial charge < -0.3 is 24.8 Å². The van der Waals surface area contributed by atoms with E-state index in [4.69, 9.17) is 9.47 Å². The van der Waals surface area contributed by atoms with Gasteiger partial charge in [-0.15, -0.1) is 0 Å². The first kappa shape index (κ1) is 31.1. The van der Waals surface area contributed by atoms with Crippen molar-refractivity contribution in [3.05, 3.63) is 83.1 Å². The average molecular weight is 610 g/mol. The zero-order valence-electron chi connectivity index (χ0n) is 26.2. The Balaban J connectivity index is 1.16. The highest BCUT2D eigenvalue weighted by Gasteiger charge is 2.27. The van der Waals surface area contributed by atoms with Crippen LogP contribution < -0.4 is 10.1 Å². The van der Waals surface area contributed by atoms with E-state index in [-0.39, 0.29) is 11.9 Å². The first-order valence-corrected chi connectivity index (χ1v) is 16.2. The number of amides is 1. The normalized spacial score (nSPS) is 19.8. The quantitative estimate of drug-likeness (QED) is 0.300. The minimum Gasteiger partial charge on any atom is -0.457 e. The lowest BCUT2D eigenvalue weighted by atomic mass is 9.98. The Labute approximate surface area is 265 Å². The number of aliphatic hydroxyl groups excluding tert-OH is 1. The lowest BCUT2D eigenvalue weighted by Gasteiger charge is -2.39. The smallest absolute Gasteiger partial charge is 0.251 e. The zero-order chi connectivity index (χ0) is 31.2. The Morgan fingerprint density at radius 3 is 2.49 bits per heavy atom. The predicted octanol–water partition coefficient (Wildman–Crippen LogP) is 5.69. The molecule has 0 saturated carbocycles. The monoisotopic (exact) mass is 609 g/mol. The lowest BCUT2D eigenvalue weighted by Crippen LogP contribution is -2.49. The molecule has 0 radical (unpaired) electrons. The number of aliphatic hydroxyl groups is 1. The maximum atomic E-state index is 13.4. The topological polar surface area (TPSA) is 109 Å². The number of hydrogen-bond acceptors (Lipinski definition) is 8. The average Bonchev–Trinajstić information content (AvgIpc) is 3.07. The van der Waals surface area contributed by atoms with Crippen molar-refractivity contribution in [2.24, 2.45) is 4.99 Å². The third kappa shape index (κ3) is 7.84. The summed E-state index contributed by atoms with van der Waals surface area (Å²) in [6.45, 7) is 7.86. The number of piperidine rings is 1. The number of carbonyl (C=O) groups excluding carboxylic acids is 1. The molecule has 6 rings (SSSR count). The van der Waals surface area contributed by atoms with Crippen molar-refractivity contribution >= 4 is 12.1 Å². The molecule has 2 aromatic carbocycles. The number of aliphatic imine (C=N–C) groups is 1. The van der Waals surface area contributed by atoms with Crippen molar-refractivity contribution in [2.45, 2.75) is 76.6 Å². The second-order valence-corrected chi connectivity index (χ2v) is 12.5. The number of benzene rings is 2. The Morgan fingerprint density at radius 2 is 1.80 bits per heavy atom. The van der Waals surface area contributed by atoms with Crippen molar-refractivity contribution in [3.8, 4) is 22.8 Å². The molecule has 2 saturated heterocycles. The number of likely N-dealkylation sites (tertiary alicyclic amines) is 1. The largest absolute Gasteiger partial charge is 0.457 e. The van der Waals surface area contributed by atoms with Crippen LogP contribution in [-0.2, 0) is 11.2 Å². The Kier molecular flexibility index (Phi) is 9.98. The van der Waals surface area contributed by atoms with E-state index in [1.807, 2.05) is 60.7 Å². The summed E-state index contributed by atoms with van der Waals surface area (Å²) in [5, 5.41) is 22.4. The summed E-state index contributed by atoms with van der Waals surface area (Å²) in [7, 11) is 0. The van der Waals surface area contributed by atoms with Gasteiger partial charge in [-0.3, -0.25) is 9.79 Å². The molecule has 1 amide bonds. The van der Waals surface area contributed by atoms with E-state index in [0.717, 1.165) is 80.1 Å². The lowest BCUT2D eigenvalue weighted by molar-refractivity contribution is 0.0238. The van der Waals surface area contributed by atoms with Gasteiger partial charge in [0, 0.05) is 68.6 Å².